The molecular weight excluding hydrogens is 242 g/mol. The van der Waals surface area contributed by atoms with Gasteiger partial charge in [0.1, 0.15) is 5.75 Å². The fourth-order valence-corrected chi connectivity index (χ4v) is 1.24. The molecule has 0 aromatic heterocycles. The van der Waals surface area contributed by atoms with Crippen molar-refractivity contribution in [1.82, 2.24) is 0 Å². The number of ether oxygens (including phenoxy) is 2. The summed E-state index contributed by atoms with van der Waals surface area (Å²) >= 11 is 0. The van der Waals surface area contributed by atoms with Gasteiger partial charge < -0.3 is 9.47 Å². The molecule has 0 aliphatic carbocycles. The Morgan fingerprint density at radius 3 is 2.78 bits per heavy atom. The first-order valence-electron chi connectivity index (χ1n) is 5.38. The van der Waals surface area contributed by atoms with Gasteiger partial charge in [-0.1, -0.05) is 18.2 Å². The van der Waals surface area contributed by atoms with Crippen LogP contribution < -0.4 is 4.74 Å². The van der Waals surface area contributed by atoms with Crippen molar-refractivity contribution in [2.45, 2.75) is 12.8 Å². The van der Waals surface area contributed by atoms with E-state index in [0.29, 0.717) is 17.4 Å². The number of hydrogen-bond acceptors (Lipinski definition) is 3. The smallest absolute Gasteiger partial charge is 0.381 e. The number of carbonyl (C=O) groups excluding carboxylic acids is 1. The molecule has 0 bridgehead atoms. The third-order valence-corrected chi connectivity index (χ3v) is 2.13. The summed E-state index contributed by atoms with van der Waals surface area (Å²) in [6.07, 6.45) is 1.67. The predicted molar refractivity (Wildman–Crippen MR) is 63.6 cm³/mol. The van der Waals surface area contributed by atoms with Crippen LogP contribution in [0.1, 0.15) is 12.5 Å². The molecule has 0 aliphatic heterocycles. The van der Waals surface area contributed by atoms with Crippen LogP contribution in [0.15, 0.2) is 30.3 Å². The van der Waals surface area contributed by atoms with Gasteiger partial charge in [0.2, 0.25) is 0 Å². The van der Waals surface area contributed by atoms with Gasteiger partial charge in [-0.2, -0.15) is 8.78 Å². The van der Waals surface area contributed by atoms with Crippen molar-refractivity contribution >= 4 is 12.0 Å². The number of carbonyl (C=O) groups is 1. The Morgan fingerprint density at radius 1 is 1.44 bits per heavy atom. The lowest BCUT2D eigenvalue weighted by Gasteiger charge is -2.09. The molecule has 3 nitrogen and oxygen atoms in total. The summed E-state index contributed by atoms with van der Waals surface area (Å²) in [6.45, 7) is 1.39. The number of hydrogen-bond donors (Lipinski definition) is 0. The molecule has 0 fully saturated rings. The van der Waals surface area contributed by atoms with Gasteiger partial charge in [-0.25, -0.2) is 4.79 Å². The fraction of sp³-hybridized carbons (Fsp3) is 0.308. The largest absolute Gasteiger partial charge is 0.497 e. The number of alkyl halides is 2. The SMILES string of the molecule is CCOC(=O)C(F)(F)/C=C/c1cccc(OC)c1. The Morgan fingerprint density at radius 2 is 2.17 bits per heavy atom. The molecule has 0 saturated carbocycles. The van der Waals surface area contributed by atoms with E-state index in [0.717, 1.165) is 6.08 Å². The van der Waals surface area contributed by atoms with E-state index < -0.39 is 11.9 Å². The Hall–Kier alpha value is -1.91. The zero-order chi connectivity index (χ0) is 13.6. The Labute approximate surface area is 104 Å². The van der Waals surface area contributed by atoms with Crippen molar-refractivity contribution in [1.29, 1.82) is 0 Å². The maximum atomic E-state index is 13.3. The van der Waals surface area contributed by atoms with Crippen molar-refractivity contribution in [3.05, 3.63) is 35.9 Å². The van der Waals surface area contributed by atoms with Crippen molar-refractivity contribution in [3.8, 4) is 5.75 Å². The molecule has 0 N–H and O–H groups in total. The highest BCUT2D eigenvalue weighted by Crippen LogP contribution is 2.20. The van der Waals surface area contributed by atoms with Gasteiger partial charge in [0.05, 0.1) is 13.7 Å². The van der Waals surface area contributed by atoms with Gasteiger partial charge in [-0.3, -0.25) is 0 Å². The number of halogens is 2. The molecule has 0 amide bonds. The van der Waals surface area contributed by atoms with Crippen LogP contribution in [0.5, 0.6) is 5.75 Å². The highest BCUT2D eigenvalue weighted by atomic mass is 19.3. The summed E-state index contributed by atoms with van der Waals surface area (Å²) in [5.41, 5.74) is 0.512. The lowest BCUT2D eigenvalue weighted by molar-refractivity contribution is -0.164. The van der Waals surface area contributed by atoms with E-state index in [9.17, 15) is 13.6 Å². The molecule has 5 heteroatoms. The third-order valence-electron chi connectivity index (χ3n) is 2.13. The third kappa shape index (κ3) is 3.84. The molecule has 1 aromatic carbocycles. The van der Waals surface area contributed by atoms with Crippen LogP contribution >= 0.6 is 0 Å². The minimum absolute atomic E-state index is 0.0819. The van der Waals surface area contributed by atoms with E-state index in [2.05, 4.69) is 4.74 Å². The zero-order valence-corrected chi connectivity index (χ0v) is 10.2. The van der Waals surface area contributed by atoms with Gasteiger partial charge in [0.25, 0.3) is 0 Å². The standard InChI is InChI=1S/C13H14F2O3/c1-3-18-12(16)13(14,15)8-7-10-5-4-6-11(9-10)17-2/h4-9H,3H2,1-2H3/b8-7+. The highest BCUT2D eigenvalue weighted by molar-refractivity contribution is 5.81. The maximum absolute atomic E-state index is 13.3. The van der Waals surface area contributed by atoms with Gasteiger partial charge in [-0.15, -0.1) is 0 Å². The van der Waals surface area contributed by atoms with Crippen LogP contribution in [0.25, 0.3) is 6.08 Å². The lowest BCUT2D eigenvalue weighted by Crippen LogP contribution is -2.28. The second-order valence-corrected chi connectivity index (χ2v) is 3.45. The molecule has 0 unspecified atom stereocenters. The molecule has 0 radical (unpaired) electrons. The van der Waals surface area contributed by atoms with E-state index in [1.807, 2.05) is 0 Å². The second-order valence-electron chi connectivity index (χ2n) is 3.45. The Bertz CT molecular complexity index is 442. The first kappa shape index (κ1) is 14.2. The average molecular weight is 256 g/mol. The summed E-state index contributed by atoms with van der Waals surface area (Å²) in [5, 5.41) is 0. The van der Waals surface area contributed by atoms with Crippen LogP contribution in [0, 0.1) is 0 Å². The fourth-order valence-electron chi connectivity index (χ4n) is 1.24. The zero-order valence-electron chi connectivity index (χ0n) is 10.2. The molecule has 18 heavy (non-hydrogen) atoms. The lowest BCUT2D eigenvalue weighted by atomic mass is 10.1. The van der Waals surface area contributed by atoms with Gasteiger partial charge in [0, 0.05) is 0 Å². The quantitative estimate of drug-likeness (QED) is 0.760. The van der Waals surface area contributed by atoms with E-state index in [4.69, 9.17) is 4.74 Å². The minimum Gasteiger partial charge on any atom is -0.497 e. The van der Waals surface area contributed by atoms with Crippen LogP contribution in [0.4, 0.5) is 8.78 Å². The van der Waals surface area contributed by atoms with Crippen molar-refractivity contribution in [2.75, 3.05) is 13.7 Å². The van der Waals surface area contributed by atoms with Crippen LogP contribution in [0.2, 0.25) is 0 Å². The predicted octanol–water partition coefficient (Wildman–Crippen LogP) is 2.91. The number of rotatable bonds is 5. The highest BCUT2D eigenvalue weighted by Gasteiger charge is 2.37. The van der Waals surface area contributed by atoms with E-state index in [1.165, 1.54) is 14.0 Å². The van der Waals surface area contributed by atoms with Crippen molar-refractivity contribution in [2.24, 2.45) is 0 Å². The number of methoxy groups -OCH3 is 1. The Kier molecular flexibility index (Phi) is 4.83. The Balaban J connectivity index is 2.81. The van der Waals surface area contributed by atoms with Crippen LogP contribution in [0.3, 0.4) is 0 Å². The molecule has 0 heterocycles. The molecule has 0 atom stereocenters. The van der Waals surface area contributed by atoms with Crippen LogP contribution in [-0.4, -0.2) is 25.6 Å². The van der Waals surface area contributed by atoms with E-state index >= 15 is 0 Å². The molecule has 0 spiro atoms. The van der Waals surface area contributed by atoms with Crippen LogP contribution in [-0.2, 0) is 9.53 Å². The van der Waals surface area contributed by atoms with Gasteiger partial charge in [0.15, 0.2) is 0 Å². The first-order chi connectivity index (χ1) is 8.49. The summed E-state index contributed by atoms with van der Waals surface area (Å²) in [5.74, 6) is -4.63. The summed E-state index contributed by atoms with van der Waals surface area (Å²) in [7, 11) is 1.48. The first-order valence-corrected chi connectivity index (χ1v) is 5.38. The second kappa shape index (κ2) is 6.14. The minimum atomic E-state index is -3.63. The van der Waals surface area contributed by atoms with Crippen molar-refractivity contribution in [3.63, 3.8) is 0 Å². The van der Waals surface area contributed by atoms with Gasteiger partial charge >= 0.3 is 11.9 Å². The molecule has 0 aliphatic rings. The monoisotopic (exact) mass is 256 g/mol. The maximum Gasteiger partial charge on any atom is 0.381 e. The summed E-state index contributed by atoms with van der Waals surface area (Å²) in [4.78, 5) is 11.0. The number of benzene rings is 1. The summed E-state index contributed by atoms with van der Waals surface area (Å²) < 4.78 is 35.8. The number of esters is 1. The molecule has 98 valence electrons. The average Bonchev–Trinajstić information content (AvgIpc) is 2.37. The van der Waals surface area contributed by atoms with E-state index in [1.54, 1.807) is 24.3 Å². The van der Waals surface area contributed by atoms with E-state index in [-0.39, 0.29) is 6.61 Å². The normalized spacial score (nSPS) is 11.6. The molecule has 1 rings (SSSR count). The molecule has 1 aromatic rings. The molecule has 0 saturated heterocycles. The summed E-state index contributed by atoms with van der Waals surface area (Å²) in [6, 6.07) is 6.57. The van der Waals surface area contributed by atoms with Crippen molar-refractivity contribution < 1.29 is 23.0 Å². The van der Waals surface area contributed by atoms with Gasteiger partial charge in [-0.05, 0) is 30.7 Å². The topological polar surface area (TPSA) is 35.5 Å². The molecular formula is C13H14F2O3.